The van der Waals surface area contributed by atoms with Crippen LogP contribution in [0, 0.1) is 11.3 Å². The van der Waals surface area contributed by atoms with E-state index >= 15 is 0 Å². The molecule has 3 aromatic carbocycles. The number of carbonyl (C=O) groups excluding carboxylic acids is 1. The minimum atomic E-state index is -3.27. The smallest absolute Gasteiger partial charge is 0.254 e. The van der Waals surface area contributed by atoms with Crippen LogP contribution in [0.5, 0.6) is 5.75 Å². The molecule has 0 heterocycles. The Kier molecular flexibility index (Phi) is 6.96. The highest BCUT2D eigenvalue weighted by atomic mass is 32.2. The van der Waals surface area contributed by atoms with Crippen molar-refractivity contribution in [2.45, 2.75) is 24.5 Å². The lowest BCUT2D eigenvalue weighted by molar-refractivity contribution is 0.0742. The summed E-state index contributed by atoms with van der Waals surface area (Å²) in [6.07, 6.45) is 1.16. The highest BCUT2D eigenvalue weighted by Gasteiger charge is 2.20. The Hall–Kier alpha value is -3.63. The van der Waals surface area contributed by atoms with Crippen LogP contribution in [0.2, 0.25) is 0 Å². The minimum Gasteiger partial charge on any atom is -0.489 e. The molecule has 0 saturated carbocycles. The molecule has 0 aromatic heterocycles. The summed E-state index contributed by atoms with van der Waals surface area (Å²) in [4.78, 5) is 14.9. The van der Waals surface area contributed by atoms with Gasteiger partial charge in [-0.2, -0.15) is 5.26 Å². The second-order valence-electron chi connectivity index (χ2n) is 7.52. The van der Waals surface area contributed by atoms with Crippen LogP contribution in [-0.4, -0.2) is 32.5 Å². The Labute approximate surface area is 188 Å². The van der Waals surface area contributed by atoms with Gasteiger partial charge in [-0.3, -0.25) is 4.79 Å². The summed E-state index contributed by atoms with van der Waals surface area (Å²) in [6.45, 7) is 2.10. The average Bonchev–Trinajstić information content (AvgIpc) is 2.81. The van der Waals surface area contributed by atoms with E-state index in [4.69, 9.17) is 4.74 Å². The summed E-state index contributed by atoms with van der Waals surface area (Å²) in [5, 5.41) is 9.21. The Morgan fingerprint density at radius 2 is 1.75 bits per heavy atom. The number of nitriles is 1. The molecule has 0 aliphatic carbocycles. The van der Waals surface area contributed by atoms with Crippen LogP contribution in [0.15, 0.2) is 77.7 Å². The van der Waals surface area contributed by atoms with Crippen LogP contribution >= 0.6 is 0 Å². The third-order valence-electron chi connectivity index (χ3n) is 5.31. The minimum absolute atomic E-state index is 0.187. The van der Waals surface area contributed by atoms with Gasteiger partial charge in [-0.25, -0.2) is 8.42 Å². The van der Waals surface area contributed by atoms with Crippen molar-refractivity contribution in [2.24, 2.45) is 0 Å². The number of carbonyl (C=O) groups is 1. The lowest BCUT2D eigenvalue weighted by Crippen LogP contribution is -2.29. The maximum atomic E-state index is 13.0. The fraction of sp³-hybridized carbons (Fsp3) is 0.200. The van der Waals surface area contributed by atoms with Gasteiger partial charge in [0.2, 0.25) is 0 Å². The summed E-state index contributed by atoms with van der Waals surface area (Å²) in [5.74, 6) is 0.342. The van der Waals surface area contributed by atoms with Crippen LogP contribution in [0.25, 0.3) is 0 Å². The SMILES string of the molecule is CC(c1ccc(S(C)(=O)=O)cc1)N(C)C(=O)c1cccc(OCc2ccccc2C#N)c1. The summed E-state index contributed by atoms with van der Waals surface area (Å²) in [7, 11) is -1.57. The van der Waals surface area contributed by atoms with Crippen LogP contribution in [0.3, 0.4) is 0 Å². The molecule has 3 rings (SSSR count). The van der Waals surface area contributed by atoms with E-state index < -0.39 is 9.84 Å². The van der Waals surface area contributed by atoms with Gasteiger partial charge in [-0.05, 0) is 48.9 Å². The molecule has 7 heteroatoms. The van der Waals surface area contributed by atoms with Crippen LogP contribution in [-0.2, 0) is 16.4 Å². The molecule has 1 atom stereocenters. The van der Waals surface area contributed by atoms with Crippen molar-refractivity contribution in [3.05, 3.63) is 95.1 Å². The van der Waals surface area contributed by atoms with E-state index in [1.165, 1.54) is 0 Å². The Morgan fingerprint density at radius 3 is 2.41 bits per heavy atom. The van der Waals surface area contributed by atoms with Crippen molar-refractivity contribution in [3.63, 3.8) is 0 Å². The number of benzene rings is 3. The quantitative estimate of drug-likeness (QED) is 0.535. The Balaban J connectivity index is 1.72. The fourth-order valence-corrected chi connectivity index (χ4v) is 3.86. The normalized spacial score (nSPS) is 11.9. The first kappa shape index (κ1) is 23.0. The molecule has 0 fully saturated rings. The van der Waals surface area contributed by atoms with Gasteiger partial charge in [0.15, 0.2) is 9.84 Å². The zero-order valence-electron chi connectivity index (χ0n) is 18.1. The van der Waals surface area contributed by atoms with Crippen molar-refractivity contribution < 1.29 is 17.9 Å². The van der Waals surface area contributed by atoms with Crippen molar-refractivity contribution in [1.29, 1.82) is 5.26 Å². The third kappa shape index (κ3) is 5.34. The average molecular weight is 449 g/mol. The number of hydrogen-bond acceptors (Lipinski definition) is 5. The molecule has 6 nitrogen and oxygen atoms in total. The molecule has 0 bridgehead atoms. The van der Waals surface area contributed by atoms with Gasteiger partial charge in [0.05, 0.1) is 22.6 Å². The first-order valence-electron chi connectivity index (χ1n) is 9.98. The molecule has 0 aliphatic rings. The molecule has 0 radical (unpaired) electrons. The van der Waals surface area contributed by atoms with Gasteiger partial charge in [0.25, 0.3) is 5.91 Å². The molecule has 1 unspecified atom stereocenters. The molecule has 0 aliphatic heterocycles. The zero-order valence-corrected chi connectivity index (χ0v) is 19.0. The van der Waals surface area contributed by atoms with E-state index in [1.807, 2.05) is 19.1 Å². The van der Waals surface area contributed by atoms with Crippen LogP contribution < -0.4 is 4.74 Å². The maximum Gasteiger partial charge on any atom is 0.254 e. The number of ether oxygens (including phenoxy) is 1. The molecule has 1 amide bonds. The Morgan fingerprint density at radius 1 is 1.06 bits per heavy atom. The lowest BCUT2D eigenvalue weighted by Gasteiger charge is -2.26. The highest BCUT2D eigenvalue weighted by Crippen LogP contribution is 2.24. The van der Waals surface area contributed by atoms with Crippen molar-refractivity contribution >= 4 is 15.7 Å². The highest BCUT2D eigenvalue weighted by molar-refractivity contribution is 7.90. The molecule has 164 valence electrons. The van der Waals surface area contributed by atoms with Gasteiger partial charge < -0.3 is 9.64 Å². The van der Waals surface area contributed by atoms with Gasteiger partial charge in [0.1, 0.15) is 12.4 Å². The standard InChI is InChI=1S/C25H24N2O4S/c1-18(19-11-13-24(14-12-19)32(3,29)30)27(2)25(28)20-9-6-10-23(15-20)31-17-22-8-5-4-7-21(22)16-26/h4-15,18H,17H2,1-3H3. The molecule has 0 spiro atoms. The van der Waals surface area contributed by atoms with E-state index in [0.717, 1.165) is 17.4 Å². The summed E-state index contributed by atoms with van der Waals surface area (Å²) in [5.41, 5.74) is 2.62. The molecular weight excluding hydrogens is 424 g/mol. The fourth-order valence-electron chi connectivity index (χ4n) is 3.23. The second kappa shape index (κ2) is 9.67. The first-order valence-corrected chi connectivity index (χ1v) is 11.9. The predicted molar refractivity (Wildman–Crippen MR) is 122 cm³/mol. The molecule has 0 saturated heterocycles. The van der Waals surface area contributed by atoms with E-state index in [2.05, 4.69) is 6.07 Å². The number of amides is 1. The first-order chi connectivity index (χ1) is 15.2. The predicted octanol–water partition coefficient (Wildman–Crippen LogP) is 4.37. The third-order valence-corrected chi connectivity index (χ3v) is 6.43. The van der Waals surface area contributed by atoms with Gasteiger partial charge in [-0.15, -0.1) is 0 Å². The number of rotatable bonds is 7. The van der Waals surface area contributed by atoms with Crippen molar-refractivity contribution in [1.82, 2.24) is 4.90 Å². The topological polar surface area (TPSA) is 87.5 Å². The largest absolute Gasteiger partial charge is 0.489 e. The number of hydrogen-bond donors (Lipinski definition) is 0. The zero-order chi connectivity index (χ0) is 23.3. The summed E-state index contributed by atoms with van der Waals surface area (Å²) in [6, 6.07) is 22.5. The lowest BCUT2D eigenvalue weighted by atomic mass is 10.1. The number of nitrogens with zero attached hydrogens (tertiary/aromatic N) is 2. The van der Waals surface area contributed by atoms with Gasteiger partial charge in [-0.1, -0.05) is 36.4 Å². The van der Waals surface area contributed by atoms with Gasteiger partial charge in [0, 0.05) is 24.4 Å². The molecule has 32 heavy (non-hydrogen) atoms. The van der Waals surface area contributed by atoms with E-state index in [1.54, 1.807) is 72.6 Å². The van der Waals surface area contributed by atoms with Crippen LogP contribution in [0.1, 0.15) is 40.0 Å². The number of sulfone groups is 1. The summed E-state index contributed by atoms with van der Waals surface area (Å²) >= 11 is 0. The van der Waals surface area contributed by atoms with Crippen molar-refractivity contribution in [3.8, 4) is 11.8 Å². The molecule has 3 aromatic rings. The van der Waals surface area contributed by atoms with Crippen LogP contribution in [0.4, 0.5) is 0 Å². The van der Waals surface area contributed by atoms with Crippen molar-refractivity contribution in [2.75, 3.05) is 13.3 Å². The van der Waals surface area contributed by atoms with E-state index in [9.17, 15) is 18.5 Å². The monoisotopic (exact) mass is 448 g/mol. The maximum absolute atomic E-state index is 13.0. The second-order valence-corrected chi connectivity index (χ2v) is 9.53. The van der Waals surface area contributed by atoms with E-state index in [0.29, 0.717) is 16.9 Å². The molecular formula is C25H24N2O4S. The van der Waals surface area contributed by atoms with Gasteiger partial charge >= 0.3 is 0 Å². The van der Waals surface area contributed by atoms with E-state index in [-0.39, 0.29) is 23.5 Å². The Bertz CT molecular complexity index is 1260. The summed E-state index contributed by atoms with van der Waals surface area (Å²) < 4.78 is 29.1. The molecule has 0 N–H and O–H groups in total.